The van der Waals surface area contributed by atoms with Crippen LogP contribution in [-0.2, 0) is 16.6 Å². The molecule has 0 unspecified atom stereocenters. The summed E-state index contributed by atoms with van der Waals surface area (Å²) >= 11 is 0. The van der Waals surface area contributed by atoms with Gasteiger partial charge >= 0.3 is 0 Å². The summed E-state index contributed by atoms with van der Waals surface area (Å²) in [5.41, 5.74) is -0.560. The van der Waals surface area contributed by atoms with E-state index in [9.17, 15) is 34.8 Å². The first-order valence-electron chi connectivity index (χ1n) is 5.90. The van der Waals surface area contributed by atoms with Crippen molar-refractivity contribution < 1.29 is 34.8 Å². The van der Waals surface area contributed by atoms with E-state index in [0.29, 0.717) is 18.2 Å². The molecule has 2 aromatic rings. The Labute approximate surface area is 126 Å². The summed E-state index contributed by atoms with van der Waals surface area (Å²) in [4.78, 5) is -1.21. The van der Waals surface area contributed by atoms with E-state index in [-0.39, 0.29) is 0 Å². The molecule has 0 atom stereocenters. The topological polar surface area (TPSA) is 46.2 Å². The van der Waals surface area contributed by atoms with Gasteiger partial charge in [0.2, 0.25) is 10.0 Å². The average Bonchev–Trinajstić information content (AvgIpc) is 2.49. The lowest BCUT2D eigenvalue weighted by Crippen LogP contribution is -2.25. The maximum Gasteiger partial charge on any atom is 0.243 e. The Bertz CT molecular complexity index is 869. The van der Waals surface area contributed by atoms with Crippen molar-refractivity contribution in [2.45, 2.75) is 11.4 Å². The van der Waals surface area contributed by atoms with Crippen molar-refractivity contribution in [3.05, 3.63) is 64.7 Å². The highest BCUT2D eigenvalue weighted by Gasteiger charge is 2.24. The first-order valence-corrected chi connectivity index (χ1v) is 7.39. The molecule has 0 aliphatic heterocycles. The lowest BCUT2D eigenvalue weighted by Gasteiger charge is -2.09. The molecule has 0 spiro atoms. The Balaban J connectivity index is 2.30. The van der Waals surface area contributed by atoms with E-state index in [1.54, 1.807) is 4.72 Å². The summed E-state index contributed by atoms with van der Waals surface area (Å²) < 4.78 is 104. The standard InChI is InChI=1S/C13H7F6NO2S/c14-7-2-1-6(10(16)11(7)17)5-20-23(21,22)9-4-3-8(15)12(18)13(9)19/h1-4,20H,5H2. The fourth-order valence-electron chi connectivity index (χ4n) is 1.67. The van der Waals surface area contributed by atoms with Gasteiger partial charge in [0.05, 0.1) is 0 Å². The molecular weight excluding hydrogens is 348 g/mol. The van der Waals surface area contributed by atoms with Gasteiger partial charge in [-0.3, -0.25) is 0 Å². The third kappa shape index (κ3) is 3.32. The smallest absolute Gasteiger partial charge is 0.207 e. The molecule has 10 heteroatoms. The molecule has 2 aromatic carbocycles. The molecule has 2 rings (SSSR count). The molecule has 0 saturated carbocycles. The van der Waals surface area contributed by atoms with Crippen molar-refractivity contribution in [2.75, 3.05) is 0 Å². The Kier molecular flexibility index (Phi) is 4.66. The van der Waals surface area contributed by atoms with E-state index in [1.165, 1.54) is 0 Å². The van der Waals surface area contributed by atoms with Crippen molar-refractivity contribution in [1.29, 1.82) is 0 Å². The maximum absolute atomic E-state index is 13.5. The normalized spacial score (nSPS) is 11.7. The number of sulfonamides is 1. The van der Waals surface area contributed by atoms with E-state index in [1.807, 2.05) is 0 Å². The molecule has 0 radical (unpaired) electrons. The molecule has 0 fully saturated rings. The highest BCUT2D eigenvalue weighted by Crippen LogP contribution is 2.20. The van der Waals surface area contributed by atoms with Crippen LogP contribution in [-0.4, -0.2) is 8.42 Å². The largest absolute Gasteiger partial charge is 0.243 e. The van der Waals surface area contributed by atoms with Crippen LogP contribution in [0.25, 0.3) is 0 Å². The van der Waals surface area contributed by atoms with Crippen LogP contribution in [0.1, 0.15) is 5.56 Å². The number of halogens is 6. The molecule has 23 heavy (non-hydrogen) atoms. The molecule has 124 valence electrons. The van der Waals surface area contributed by atoms with Gasteiger partial charge in [0, 0.05) is 12.1 Å². The van der Waals surface area contributed by atoms with Crippen LogP contribution in [0.4, 0.5) is 26.3 Å². The zero-order chi connectivity index (χ0) is 17.4. The predicted octanol–water partition coefficient (Wildman–Crippen LogP) is 3.00. The van der Waals surface area contributed by atoms with Gasteiger partial charge in [-0.15, -0.1) is 0 Å². The van der Waals surface area contributed by atoms with Crippen LogP contribution in [0.2, 0.25) is 0 Å². The van der Waals surface area contributed by atoms with Gasteiger partial charge in [-0.05, 0) is 18.2 Å². The van der Waals surface area contributed by atoms with E-state index >= 15 is 0 Å². The van der Waals surface area contributed by atoms with Gasteiger partial charge in [-0.2, -0.15) is 0 Å². The minimum absolute atomic E-state index is 0.394. The van der Waals surface area contributed by atoms with Crippen LogP contribution < -0.4 is 4.72 Å². The zero-order valence-electron chi connectivity index (χ0n) is 11.0. The molecule has 0 saturated heterocycles. The maximum atomic E-state index is 13.5. The number of hydrogen-bond acceptors (Lipinski definition) is 2. The van der Waals surface area contributed by atoms with Crippen molar-refractivity contribution in [3.8, 4) is 0 Å². The number of nitrogens with one attached hydrogen (secondary N) is 1. The predicted molar refractivity (Wildman–Crippen MR) is 66.7 cm³/mol. The Morgan fingerprint density at radius 1 is 0.739 bits per heavy atom. The average molecular weight is 355 g/mol. The third-order valence-corrected chi connectivity index (χ3v) is 4.28. The van der Waals surface area contributed by atoms with Gasteiger partial charge in [-0.1, -0.05) is 6.07 Å². The van der Waals surface area contributed by atoms with E-state index in [0.717, 1.165) is 6.07 Å². The molecule has 3 nitrogen and oxygen atoms in total. The monoisotopic (exact) mass is 355 g/mol. The minimum Gasteiger partial charge on any atom is -0.207 e. The highest BCUT2D eigenvalue weighted by molar-refractivity contribution is 7.89. The van der Waals surface area contributed by atoms with Crippen LogP contribution in [0, 0.1) is 34.9 Å². The summed E-state index contributed by atoms with van der Waals surface area (Å²) in [7, 11) is -4.68. The van der Waals surface area contributed by atoms with E-state index in [4.69, 9.17) is 0 Å². The summed E-state index contributed by atoms with van der Waals surface area (Å²) in [6.45, 7) is -0.857. The van der Waals surface area contributed by atoms with Crippen molar-refractivity contribution in [3.63, 3.8) is 0 Å². The Hall–Kier alpha value is -2.07. The van der Waals surface area contributed by atoms with Crippen molar-refractivity contribution >= 4 is 10.0 Å². The Morgan fingerprint density at radius 2 is 1.26 bits per heavy atom. The molecule has 0 aliphatic carbocycles. The van der Waals surface area contributed by atoms with Crippen LogP contribution in [0.15, 0.2) is 29.2 Å². The lowest BCUT2D eigenvalue weighted by atomic mass is 10.2. The second-order valence-corrected chi connectivity index (χ2v) is 6.07. The first-order chi connectivity index (χ1) is 10.6. The minimum atomic E-state index is -4.68. The zero-order valence-corrected chi connectivity index (χ0v) is 11.8. The van der Waals surface area contributed by atoms with E-state index < -0.39 is 61.9 Å². The van der Waals surface area contributed by atoms with Crippen molar-refractivity contribution in [1.82, 2.24) is 4.72 Å². The van der Waals surface area contributed by atoms with Gasteiger partial charge in [0.25, 0.3) is 0 Å². The number of hydrogen-bond donors (Lipinski definition) is 1. The second kappa shape index (κ2) is 6.20. The summed E-state index contributed by atoms with van der Waals surface area (Å²) in [6, 6.07) is 2.21. The molecule has 0 bridgehead atoms. The molecule has 0 amide bonds. The van der Waals surface area contributed by atoms with Gasteiger partial charge in [0.1, 0.15) is 4.90 Å². The lowest BCUT2D eigenvalue weighted by molar-refractivity contribution is 0.431. The summed E-state index contributed by atoms with van der Waals surface area (Å²) in [5.74, 6) is -10.4. The van der Waals surface area contributed by atoms with Crippen LogP contribution >= 0.6 is 0 Å². The third-order valence-electron chi connectivity index (χ3n) is 2.86. The summed E-state index contributed by atoms with van der Waals surface area (Å²) in [6.07, 6.45) is 0. The fraction of sp³-hybridized carbons (Fsp3) is 0.0769. The second-order valence-electron chi connectivity index (χ2n) is 4.33. The molecule has 0 aromatic heterocycles. The molecule has 1 N–H and O–H groups in total. The summed E-state index contributed by atoms with van der Waals surface area (Å²) in [5, 5.41) is 0. The van der Waals surface area contributed by atoms with Crippen LogP contribution in [0.5, 0.6) is 0 Å². The molecule has 0 aliphatic rings. The van der Waals surface area contributed by atoms with Crippen molar-refractivity contribution in [2.24, 2.45) is 0 Å². The van der Waals surface area contributed by atoms with Gasteiger partial charge < -0.3 is 0 Å². The molecular formula is C13H7F6NO2S. The van der Waals surface area contributed by atoms with Gasteiger partial charge in [-0.25, -0.2) is 39.5 Å². The quantitative estimate of drug-likeness (QED) is 0.677. The first kappa shape index (κ1) is 17.3. The highest BCUT2D eigenvalue weighted by atomic mass is 32.2. The number of benzene rings is 2. The number of rotatable bonds is 4. The SMILES string of the molecule is O=S(=O)(NCc1ccc(F)c(F)c1F)c1ccc(F)c(F)c1F. The fourth-order valence-corrected chi connectivity index (χ4v) is 2.74. The van der Waals surface area contributed by atoms with Crippen LogP contribution in [0.3, 0.4) is 0 Å². The Morgan fingerprint density at radius 3 is 1.87 bits per heavy atom. The van der Waals surface area contributed by atoms with E-state index in [2.05, 4.69) is 0 Å². The van der Waals surface area contributed by atoms with Gasteiger partial charge in [0.15, 0.2) is 34.9 Å². The molecule has 0 heterocycles.